The van der Waals surface area contributed by atoms with E-state index in [4.69, 9.17) is 0 Å². The minimum atomic E-state index is 1.09. The second-order valence-electron chi connectivity index (χ2n) is 27.8. The van der Waals surface area contributed by atoms with Gasteiger partial charge in [0.25, 0.3) is 0 Å². The van der Waals surface area contributed by atoms with Crippen molar-refractivity contribution in [2.45, 2.75) is 38.5 Å². The van der Waals surface area contributed by atoms with Crippen LogP contribution < -0.4 is 9.80 Å². The minimum absolute atomic E-state index is 1.09. The minimum Gasteiger partial charge on any atom is -0.311 e. The lowest BCUT2D eigenvalue weighted by Crippen LogP contribution is -2.09. The molecule has 16 aromatic carbocycles. The lowest BCUT2D eigenvalue weighted by atomic mass is 9.99. The largest absolute Gasteiger partial charge is 0.311 e. The van der Waals surface area contributed by atoms with E-state index in [9.17, 15) is 0 Å². The van der Waals surface area contributed by atoms with Crippen molar-refractivity contribution in [1.82, 2.24) is 9.13 Å². The molecule has 0 saturated heterocycles. The summed E-state index contributed by atoms with van der Waals surface area (Å²) in [6.07, 6.45) is 6.98. The maximum absolute atomic E-state index is 2.37. The molecule has 18 rings (SSSR count). The number of para-hydroxylation sites is 4. The standard InChI is InChI=1S/C102H78N4/c1(7-21-73-35-39-77(40-36-73)81-47-61-91(62-48-81)103(89-57-43-79(44-58-89)75-23-9-3-10-24-75)93-65-51-83(52-66-93)85-55-69-101-97(71-85)95-31-17-19-33-99(95)105(101)87-27-13-5-14-28-87)2-8-22-74-37-41-78(42-38-74)82-49-63-92(64-50-82)104(90-59-45-80(46-60-90)76-25-11-4-12-26-76)94-67-53-84(54-68-94)86-56-70-102-98(72-86)96-32-18-20-34-100(96)106(102)88-29-15-6-16-30-88/h3-6,9-20,23-72H,1-2,7-8,21-22H2. The Labute approximate surface area is 620 Å². The number of anilines is 6. The number of benzene rings is 16. The summed E-state index contributed by atoms with van der Waals surface area (Å²) in [4.78, 5) is 4.74. The Morgan fingerprint density at radius 3 is 0.698 bits per heavy atom. The first kappa shape index (κ1) is 64.8. The lowest BCUT2D eigenvalue weighted by molar-refractivity contribution is 0.640. The number of hydrogen-bond donors (Lipinski definition) is 0. The third kappa shape index (κ3) is 13.1. The number of aryl methyl sites for hydroxylation is 2. The first-order valence-corrected chi connectivity index (χ1v) is 37.2. The van der Waals surface area contributed by atoms with E-state index in [-0.39, 0.29) is 0 Å². The Balaban J connectivity index is 0.509. The van der Waals surface area contributed by atoms with E-state index in [0.717, 1.165) is 47.0 Å². The predicted molar refractivity (Wildman–Crippen MR) is 449 cm³/mol. The summed E-state index contributed by atoms with van der Waals surface area (Å²) in [5, 5.41) is 5.00. The van der Waals surface area contributed by atoms with Crippen molar-refractivity contribution in [3.8, 4) is 78.1 Å². The van der Waals surface area contributed by atoms with E-state index in [1.807, 2.05) is 0 Å². The van der Waals surface area contributed by atoms with Gasteiger partial charge in [-0.3, -0.25) is 0 Å². The molecule has 0 saturated carbocycles. The second kappa shape index (κ2) is 29.2. The summed E-state index contributed by atoms with van der Waals surface area (Å²) in [5.41, 5.74) is 31.0. The molecular weight excluding hydrogens is 1280 g/mol. The zero-order chi connectivity index (χ0) is 70.5. The van der Waals surface area contributed by atoms with E-state index in [2.05, 4.69) is 419 Å². The molecule has 0 radical (unpaired) electrons. The molecule has 4 heteroatoms. The summed E-state index contributed by atoms with van der Waals surface area (Å²) in [6.45, 7) is 0. The summed E-state index contributed by atoms with van der Waals surface area (Å²) >= 11 is 0. The summed E-state index contributed by atoms with van der Waals surface area (Å²) < 4.78 is 4.75. The van der Waals surface area contributed by atoms with Gasteiger partial charge in [0, 0.05) is 67.0 Å². The number of fused-ring (bicyclic) bond motifs is 6. The maximum atomic E-state index is 2.37. The first-order valence-electron chi connectivity index (χ1n) is 37.2. The van der Waals surface area contributed by atoms with Crippen LogP contribution >= 0.6 is 0 Å². The normalized spacial score (nSPS) is 11.4. The van der Waals surface area contributed by atoms with Gasteiger partial charge in [-0.05, 0) is 237 Å². The van der Waals surface area contributed by atoms with Crippen molar-refractivity contribution in [3.05, 3.63) is 412 Å². The molecule has 106 heavy (non-hydrogen) atoms. The highest BCUT2D eigenvalue weighted by atomic mass is 15.1. The maximum Gasteiger partial charge on any atom is 0.0541 e. The van der Waals surface area contributed by atoms with Crippen molar-refractivity contribution in [2.24, 2.45) is 0 Å². The highest BCUT2D eigenvalue weighted by Crippen LogP contribution is 2.43. The van der Waals surface area contributed by atoms with Crippen LogP contribution in [0, 0.1) is 0 Å². The smallest absolute Gasteiger partial charge is 0.0541 e. The van der Waals surface area contributed by atoms with Gasteiger partial charge in [-0.1, -0.05) is 280 Å². The number of aromatic nitrogens is 2. The van der Waals surface area contributed by atoms with Gasteiger partial charge in [-0.25, -0.2) is 0 Å². The van der Waals surface area contributed by atoms with Crippen molar-refractivity contribution in [2.75, 3.05) is 9.80 Å². The van der Waals surface area contributed by atoms with Crippen LogP contribution in [0.1, 0.15) is 36.8 Å². The van der Waals surface area contributed by atoms with Gasteiger partial charge < -0.3 is 18.9 Å². The fourth-order valence-electron chi connectivity index (χ4n) is 15.7. The Kier molecular flexibility index (Phi) is 17.9. The van der Waals surface area contributed by atoms with Crippen molar-refractivity contribution in [3.63, 3.8) is 0 Å². The Hall–Kier alpha value is -13.3. The molecule has 0 N–H and O–H groups in total. The molecule has 18 aromatic rings. The molecule has 0 unspecified atom stereocenters. The van der Waals surface area contributed by atoms with E-state index >= 15 is 0 Å². The van der Waals surface area contributed by atoms with Gasteiger partial charge in [0.1, 0.15) is 0 Å². The summed E-state index contributed by atoms with van der Waals surface area (Å²) in [7, 11) is 0. The molecular formula is C102H78N4. The number of unbranched alkanes of at least 4 members (excludes halogenated alkanes) is 3. The van der Waals surface area contributed by atoms with Crippen LogP contribution in [0.25, 0.3) is 122 Å². The Bertz CT molecular complexity index is 5650. The molecule has 0 amide bonds. The van der Waals surface area contributed by atoms with Gasteiger partial charge in [-0.15, -0.1) is 0 Å². The van der Waals surface area contributed by atoms with Crippen molar-refractivity contribution < 1.29 is 0 Å². The van der Waals surface area contributed by atoms with Crippen LogP contribution in [-0.4, -0.2) is 9.13 Å². The average molecular weight is 1360 g/mol. The number of nitrogens with zero attached hydrogens (tertiary/aromatic N) is 4. The zero-order valence-electron chi connectivity index (χ0n) is 59.1. The van der Waals surface area contributed by atoms with Crippen LogP contribution in [0.2, 0.25) is 0 Å². The summed E-state index contributed by atoms with van der Waals surface area (Å²) in [5.74, 6) is 0. The molecule has 2 aromatic heterocycles. The third-order valence-corrected chi connectivity index (χ3v) is 21.3. The van der Waals surface area contributed by atoms with E-state index in [1.165, 1.54) is 159 Å². The Morgan fingerprint density at radius 2 is 0.396 bits per heavy atom. The molecule has 0 aliphatic heterocycles. The summed E-state index contributed by atoms with van der Waals surface area (Å²) in [6, 6.07) is 147. The molecule has 0 aliphatic carbocycles. The molecule has 0 fully saturated rings. The molecule has 506 valence electrons. The SMILES string of the molecule is c1ccc(-c2ccc(N(c3ccc(-c4ccc(CCCCCCc5ccc(-c6ccc(N(c7ccc(-c8ccccc8)cc7)c7ccc(-c8ccc9c(c8)c8ccccc8n9-c8ccccc8)cc7)cc6)cc5)cc4)cc3)c3ccc(-c4ccc5c(c4)c4ccccc4n5-c4ccccc4)cc3)cc2)cc1. The van der Waals surface area contributed by atoms with Gasteiger partial charge in [0.05, 0.1) is 22.1 Å². The molecule has 0 aliphatic rings. The van der Waals surface area contributed by atoms with Crippen LogP contribution in [0.15, 0.2) is 400 Å². The topological polar surface area (TPSA) is 16.3 Å². The van der Waals surface area contributed by atoms with Crippen LogP contribution in [0.5, 0.6) is 0 Å². The van der Waals surface area contributed by atoms with Crippen molar-refractivity contribution in [1.29, 1.82) is 0 Å². The Morgan fingerprint density at radius 1 is 0.170 bits per heavy atom. The van der Waals surface area contributed by atoms with Gasteiger partial charge in [0.15, 0.2) is 0 Å². The van der Waals surface area contributed by atoms with E-state index in [0.29, 0.717) is 0 Å². The van der Waals surface area contributed by atoms with Gasteiger partial charge in [-0.2, -0.15) is 0 Å². The molecule has 2 heterocycles. The highest BCUT2D eigenvalue weighted by Gasteiger charge is 2.20. The zero-order valence-corrected chi connectivity index (χ0v) is 59.1. The fourth-order valence-corrected chi connectivity index (χ4v) is 15.7. The van der Waals surface area contributed by atoms with Crippen LogP contribution in [0.4, 0.5) is 34.1 Å². The predicted octanol–water partition coefficient (Wildman–Crippen LogP) is 28.2. The highest BCUT2D eigenvalue weighted by molar-refractivity contribution is 6.12. The monoisotopic (exact) mass is 1360 g/mol. The average Bonchev–Trinajstić information content (AvgIpc) is 1.59. The second-order valence-corrected chi connectivity index (χ2v) is 27.8. The van der Waals surface area contributed by atoms with Gasteiger partial charge >= 0.3 is 0 Å². The van der Waals surface area contributed by atoms with Crippen LogP contribution in [-0.2, 0) is 12.8 Å². The molecule has 0 atom stereocenters. The van der Waals surface area contributed by atoms with E-state index < -0.39 is 0 Å². The molecule has 4 nitrogen and oxygen atoms in total. The molecule has 0 bridgehead atoms. The number of rotatable bonds is 21. The quantitative estimate of drug-likeness (QED) is 0.0667. The van der Waals surface area contributed by atoms with Crippen LogP contribution in [0.3, 0.4) is 0 Å². The first-order chi connectivity index (χ1) is 52.5. The van der Waals surface area contributed by atoms with E-state index in [1.54, 1.807) is 0 Å². The molecule has 0 spiro atoms. The van der Waals surface area contributed by atoms with Gasteiger partial charge in [0.2, 0.25) is 0 Å². The van der Waals surface area contributed by atoms with Crippen molar-refractivity contribution >= 4 is 77.7 Å². The third-order valence-electron chi connectivity index (χ3n) is 21.3. The fraction of sp³-hybridized carbons (Fsp3) is 0.0588. The lowest BCUT2D eigenvalue weighted by Gasteiger charge is -2.26. The number of hydrogen-bond acceptors (Lipinski definition) is 2.